The summed E-state index contributed by atoms with van der Waals surface area (Å²) in [4.78, 5) is 12.4. The van der Waals surface area contributed by atoms with Crippen LogP contribution in [0.2, 0.25) is 0 Å². The van der Waals surface area contributed by atoms with Crippen LogP contribution in [0, 0.1) is 0 Å². The second-order valence-electron chi connectivity index (χ2n) is 7.06. The van der Waals surface area contributed by atoms with Crippen molar-refractivity contribution in [2.24, 2.45) is 0 Å². The summed E-state index contributed by atoms with van der Waals surface area (Å²) in [5.74, 6) is 0. The fourth-order valence-corrected chi connectivity index (χ4v) is 4.86. The van der Waals surface area contributed by atoms with Crippen LogP contribution < -0.4 is 10.0 Å². The van der Waals surface area contributed by atoms with E-state index >= 15 is 0 Å². The lowest BCUT2D eigenvalue weighted by molar-refractivity contribution is 0.121. The molecule has 1 aromatic carbocycles. The molecule has 0 radical (unpaired) electrons. The molecule has 28 heavy (non-hydrogen) atoms. The summed E-state index contributed by atoms with van der Waals surface area (Å²) in [7, 11) is -4.26. The monoisotopic (exact) mass is 410 g/mol. The Balaban J connectivity index is 1.53. The molecular weight excluding hydrogens is 390 g/mol. The number of carbonyl (C=O) groups excluding carboxylic acids is 1. The van der Waals surface area contributed by atoms with Gasteiger partial charge >= 0.3 is 6.03 Å². The Labute approximate surface area is 161 Å². The topological polar surface area (TPSA) is 93.1 Å². The van der Waals surface area contributed by atoms with E-state index in [-0.39, 0.29) is 0 Å². The number of alkyl halides is 2. The highest BCUT2D eigenvalue weighted by Gasteiger charge is 2.27. The number of aryl methyl sites for hydroxylation is 2. The normalized spacial score (nSPS) is 15.5. The molecule has 2 aromatic rings. The van der Waals surface area contributed by atoms with Crippen LogP contribution in [0.15, 0.2) is 23.4 Å². The van der Waals surface area contributed by atoms with Crippen molar-refractivity contribution < 1.29 is 22.0 Å². The van der Waals surface area contributed by atoms with Crippen molar-refractivity contribution in [2.45, 2.75) is 56.5 Å². The van der Waals surface area contributed by atoms with E-state index in [1.165, 1.54) is 11.1 Å². The number of aromatic nitrogens is 2. The summed E-state index contributed by atoms with van der Waals surface area (Å²) >= 11 is 0. The van der Waals surface area contributed by atoms with E-state index in [4.69, 9.17) is 0 Å². The number of amides is 2. The number of nitrogens with one attached hydrogen (secondary N) is 2. The SMILES string of the molecule is O=C(Nc1c2c(cc3c1CCC3)CCC2)NS(=O)(=O)c1ccn(CC(F)F)n1. The summed E-state index contributed by atoms with van der Waals surface area (Å²) in [5, 5.41) is 5.85. The molecule has 150 valence electrons. The molecule has 1 aromatic heterocycles. The molecule has 0 fully saturated rings. The summed E-state index contributed by atoms with van der Waals surface area (Å²) in [6.45, 7) is -0.718. The van der Waals surface area contributed by atoms with Crippen LogP contribution in [-0.2, 0) is 42.3 Å². The molecule has 0 spiro atoms. The zero-order valence-electron chi connectivity index (χ0n) is 15.0. The average molecular weight is 410 g/mol. The molecule has 4 rings (SSSR count). The summed E-state index contributed by atoms with van der Waals surface area (Å²) in [6.07, 6.45) is 4.11. The first-order chi connectivity index (χ1) is 13.3. The second kappa shape index (κ2) is 7.16. The zero-order chi connectivity index (χ0) is 19.9. The molecule has 0 bridgehead atoms. The Morgan fingerprint density at radius 1 is 1.14 bits per heavy atom. The van der Waals surface area contributed by atoms with Gasteiger partial charge in [-0.25, -0.2) is 18.3 Å². The molecule has 2 amide bonds. The number of benzene rings is 1. The Bertz CT molecular complexity index is 1000. The van der Waals surface area contributed by atoms with Crippen molar-refractivity contribution in [3.63, 3.8) is 0 Å². The summed E-state index contributed by atoms with van der Waals surface area (Å²) < 4.78 is 52.3. The van der Waals surface area contributed by atoms with Gasteiger partial charge in [0, 0.05) is 11.9 Å². The van der Waals surface area contributed by atoms with E-state index < -0.39 is 34.1 Å². The van der Waals surface area contributed by atoms with E-state index in [1.54, 1.807) is 0 Å². The van der Waals surface area contributed by atoms with Gasteiger partial charge in [0.05, 0.1) is 0 Å². The first-order valence-corrected chi connectivity index (χ1v) is 10.6. The van der Waals surface area contributed by atoms with Gasteiger partial charge in [-0.1, -0.05) is 6.07 Å². The van der Waals surface area contributed by atoms with Crippen LogP contribution in [0.1, 0.15) is 35.1 Å². The van der Waals surface area contributed by atoms with Crippen molar-refractivity contribution in [3.05, 3.63) is 40.6 Å². The quantitative estimate of drug-likeness (QED) is 0.793. The van der Waals surface area contributed by atoms with Crippen molar-refractivity contribution in [1.29, 1.82) is 0 Å². The van der Waals surface area contributed by atoms with Gasteiger partial charge < -0.3 is 5.32 Å². The standard InChI is InChI=1S/C18H20F2N4O3S/c19-15(20)10-24-8-7-16(22-24)28(26,27)23-18(25)21-17-13-5-1-3-11(13)9-12-4-2-6-14(12)17/h7-9,15H,1-6,10H2,(H2,21,23,25). The number of rotatable bonds is 5. The van der Waals surface area contributed by atoms with Gasteiger partial charge in [-0.3, -0.25) is 4.68 Å². The third kappa shape index (κ3) is 3.60. The molecule has 7 nitrogen and oxygen atoms in total. The molecule has 0 unspecified atom stereocenters. The number of fused-ring (bicyclic) bond motifs is 2. The van der Waals surface area contributed by atoms with Crippen LogP contribution in [0.5, 0.6) is 0 Å². The number of sulfonamides is 1. The summed E-state index contributed by atoms with van der Waals surface area (Å²) in [6, 6.07) is 2.41. The van der Waals surface area contributed by atoms with Crippen LogP contribution >= 0.6 is 0 Å². The second-order valence-corrected chi connectivity index (χ2v) is 8.69. The number of hydrogen-bond acceptors (Lipinski definition) is 4. The Morgan fingerprint density at radius 2 is 1.79 bits per heavy atom. The van der Waals surface area contributed by atoms with Crippen LogP contribution in [-0.4, -0.2) is 30.7 Å². The van der Waals surface area contributed by atoms with Gasteiger partial charge in [0.25, 0.3) is 16.4 Å². The van der Waals surface area contributed by atoms with Crippen LogP contribution in [0.4, 0.5) is 19.3 Å². The highest BCUT2D eigenvalue weighted by atomic mass is 32.2. The van der Waals surface area contributed by atoms with Crippen molar-refractivity contribution in [1.82, 2.24) is 14.5 Å². The van der Waals surface area contributed by atoms with E-state index in [2.05, 4.69) is 16.5 Å². The summed E-state index contributed by atoms with van der Waals surface area (Å²) in [5.41, 5.74) is 5.30. The fraction of sp³-hybridized carbons (Fsp3) is 0.444. The molecule has 2 aliphatic carbocycles. The zero-order valence-corrected chi connectivity index (χ0v) is 15.9. The molecule has 0 aliphatic heterocycles. The minimum absolute atomic E-state index is 0.480. The number of hydrogen-bond donors (Lipinski definition) is 2. The Hall–Kier alpha value is -2.49. The smallest absolute Gasteiger partial charge is 0.307 e. The molecule has 1 heterocycles. The van der Waals surface area contributed by atoms with Gasteiger partial charge in [0.2, 0.25) is 0 Å². The van der Waals surface area contributed by atoms with Crippen LogP contribution in [0.3, 0.4) is 0 Å². The first kappa shape index (κ1) is 18.9. The maximum atomic E-state index is 12.4. The highest BCUT2D eigenvalue weighted by Crippen LogP contribution is 2.38. The number of halogens is 2. The van der Waals surface area contributed by atoms with Crippen LogP contribution in [0.25, 0.3) is 0 Å². The Kier molecular flexibility index (Phi) is 4.82. The first-order valence-electron chi connectivity index (χ1n) is 9.15. The predicted molar refractivity (Wildman–Crippen MR) is 98.1 cm³/mol. The van der Waals surface area contributed by atoms with Crippen molar-refractivity contribution in [3.8, 4) is 0 Å². The molecule has 0 saturated carbocycles. The highest BCUT2D eigenvalue weighted by molar-refractivity contribution is 7.90. The van der Waals surface area contributed by atoms with Gasteiger partial charge in [0.15, 0.2) is 5.03 Å². The van der Waals surface area contributed by atoms with Crippen molar-refractivity contribution >= 4 is 21.7 Å². The van der Waals surface area contributed by atoms with E-state index in [0.717, 1.165) is 72.3 Å². The molecule has 0 saturated heterocycles. The third-order valence-corrected chi connectivity index (χ3v) is 6.38. The van der Waals surface area contributed by atoms with Gasteiger partial charge in [0.1, 0.15) is 6.54 Å². The molecule has 2 aliphatic rings. The number of carbonyl (C=O) groups is 1. The van der Waals surface area contributed by atoms with E-state index in [0.29, 0.717) is 0 Å². The lowest BCUT2D eigenvalue weighted by Crippen LogP contribution is -2.35. The number of anilines is 1. The predicted octanol–water partition coefficient (Wildman–Crippen LogP) is 2.64. The lowest BCUT2D eigenvalue weighted by Gasteiger charge is -2.16. The largest absolute Gasteiger partial charge is 0.333 e. The maximum absolute atomic E-state index is 12.4. The van der Waals surface area contributed by atoms with E-state index in [9.17, 15) is 22.0 Å². The fourth-order valence-electron chi connectivity index (χ4n) is 4.01. The molecule has 0 atom stereocenters. The maximum Gasteiger partial charge on any atom is 0.333 e. The third-order valence-electron chi connectivity index (χ3n) is 5.16. The van der Waals surface area contributed by atoms with Gasteiger partial charge in [-0.15, -0.1) is 0 Å². The molecule has 2 N–H and O–H groups in total. The van der Waals surface area contributed by atoms with Crippen molar-refractivity contribution in [2.75, 3.05) is 5.32 Å². The minimum Gasteiger partial charge on any atom is -0.307 e. The molecular formula is C18H20F2N4O3S. The lowest BCUT2D eigenvalue weighted by atomic mass is 9.99. The number of nitrogens with zero attached hydrogens (tertiary/aromatic N) is 2. The van der Waals surface area contributed by atoms with Gasteiger partial charge in [-0.2, -0.15) is 13.5 Å². The minimum atomic E-state index is -4.26. The van der Waals surface area contributed by atoms with E-state index in [1.807, 2.05) is 4.72 Å². The molecule has 10 heteroatoms. The number of urea groups is 1. The van der Waals surface area contributed by atoms with Gasteiger partial charge in [-0.05, 0) is 66.8 Å². The average Bonchev–Trinajstić information content (AvgIpc) is 3.32. The Morgan fingerprint density at radius 3 is 2.39 bits per heavy atom.